The van der Waals surface area contributed by atoms with Gasteiger partial charge in [0.2, 0.25) is 0 Å². The fourth-order valence-electron chi connectivity index (χ4n) is 5.79. The SMILES string of the molecule is CCOc1ccc(N2C(=O)/C(=C/c3cc(C)n(-c4ccc(N5CCCCC5)c([N+](=O)[O-])c4)c3C)N(CC(=O)OC)C2=S)cc1. The van der Waals surface area contributed by atoms with Gasteiger partial charge in [-0.2, -0.15) is 0 Å². The van der Waals surface area contributed by atoms with E-state index in [0.29, 0.717) is 35.0 Å². The van der Waals surface area contributed by atoms with Gasteiger partial charge in [-0.1, -0.05) is 0 Å². The molecule has 1 aromatic heterocycles. The third-order valence-electron chi connectivity index (χ3n) is 7.93. The molecule has 0 atom stereocenters. The number of hydrogen-bond acceptors (Lipinski definition) is 8. The number of anilines is 2. The van der Waals surface area contributed by atoms with E-state index in [9.17, 15) is 19.7 Å². The van der Waals surface area contributed by atoms with Crippen molar-refractivity contribution in [3.63, 3.8) is 0 Å². The first-order chi connectivity index (χ1) is 21.1. The van der Waals surface area contributed by atoms with Gasteiger partial charge < -0.3 is 23.8 Å². The van der Waals surface area contributed by atoms with Gasteiger partial charge in [-0.25, -0.2) is 0 Å². The van der Waals surface area contributed by atoms with Crippen molar-refractivity contribution >= 4 is 52.3 Å². The number of benzene rings is 2. The Kier molecular flexibility index (Phi) is 9.00. The van der Waals surface area contributed by atoms with E-state index in [2.05, 4.69) is 4.90 Å². The van der Waals surface area contributed by atoms with Crippen LogP contribution in [-0.2, 0) is 14.3 Å². The second kappa shape index (κ2) is 12.9. The molecule has 5 rings (SSSR count). The van der Waals surface area contributed by atoms with E-state index >= 15 is 0 Å². The van der Waals surface area contributed by atoms with E-state index in [4.69, 9.17) is 21.7 Å². The molecule has 0 saturated carbocycles. The van der Waals surface area contributed by atoms with Crippen LogP contribution < -0.4 is 14.5 Å². The van der Waals surface area contributed by atoms with E-state index in [1.54, 1.807) is 36.4 Å². The van der Waals surface area contributed by atoms with E-state index in [0.717, 1.165) is 43.7 Å². The number of nitrogens with zero attached hydrogens (tertiary/aromatic N) is 5. The van der Waals surface area contributed by atoms with E-state index < -0.39 is 11.9 Å². The minimum Gasteiger partial charge on any atom is -0.494 e. The van der Waals surface area contributed by atoms with Gasteiger partial charge in [0.25, 0.3) is 11.6 Å². The number of amides is 1. The van der Waals surface area contributed by atoms with Crippen LogP contribution in [0.2, 0.25) is 0 Å². The standard InChI is InChI=1S/C32H35N5O6S/c1-5-43-26-12-9-24(10-13-26)36-31(39)29(34(32(36)44)20-30(38)42-4)18-23-17-21(2)35(22(23)3)25-11-14-27(28(19-25)37(40)41)33-15-7-6-8-16-33/h9-14,17-19H,5-8,15-16,20H2,1-4H3/b29-18-. The van der Waals surface area contributed by atoms with Crippen LogP contribution in [0.3, 0.4) is 0 Å². The van der Waals surface area contributed by atoms with Crippen LogP contribution in [0.1, 0.15) is 43.1 Å². The number of aryl methyl sites for hydroxylation is 1. The highest BCUT2D eigenvalue weighted by atomic mass is 32.1. The number of hydrogen-bond donors (Lipinski definition) is 0. The molecule has 2 aromatic carbocycles. The Balaban J connectivity index is 1.53. The molecule has 1 amide bonds. The first kappa shape index (κ1) is 30.7. The summed E-state index contributed by atoms with van der Waals surface area (Å²) in [5, 5.41) is 12.3. The van der Waals surface area contributed by atoms with Gasteiger partial charge in [0.05, 0.1) is 30.0 Å². The van der Waals surface area contributed by atoms with Crippen molar-refractivity contribution in [2.45, 2.75) is 40.0 Å². The maximum absolute atomic E-state index is 13.9. The average Bonchev–Trinajstić information content (AvgIpc) is 3.43. The number of thiocarbonyl (C=S) groups is 1. The van der Waals surface area contributed by atoms with Crippen molar-refractivity contribution < 1.29 is 24.0 Å². The minimum absolute atomic E-state index is 0.0587. The third-order valence-corrected chi connectivity index (χ3v) is 8.33. The maximum Gasteiger partial charge on any atom is 0.325 e. The van der Waals surface area contributed by atoms with E-state index in [1.165, 1.54) is 16.9 Å². The van der Waals surface area contributed by atoms with Crippen molar-refractivity contribution in [2.75, 3.05) is 43.2 Å². The molecule has 0 radical (unpaired) electrons. The molecule has 0 bridgehead atoms. The molecule has 3 aromatic rings. The highest BCUT2D eigenvalue weighted by Crippen LogP contribution is 2.35. The van der Waals surface area contributed by atoms with Crippen molar-refractivity contribution in [1.29, 1.82) is 0 Å². The van der Waals surface area contributed by atoms with Gasteiger partial charge in [-0.3, -0.25) is 24.6 Å². The van der Waals surface area contributed by atoms with E-state index in [1.807, 2.05) is 43.5 Å². The summed E-state index contributed by atoms with van der Waals surface area (Å²) >= 11 is 5.69. The van der Waals surface area contributed by atoms with Crippen LogP contribution in [0.5, 0.6) is 5.75 Å². The summed E-state index contributed by atoms with van der Waals surface area (Å²) in [6.07, 6.45) is 4.85. The van der Waals surface area contributed by atoms with Crippen molar-refractivity contribution in [2.24, 2.45) is 0 Å². The minimum atomic E-state index is -0.550. The van der Waals surface area contributed by atoms with E-state index in [-0.39, 0.29) is 28.0 Å². The number of rotatable bonds is 9. The molecule has 12 heteroatoms. The normalized spacial score (nSPS) is 16.2. The number of carbonyl (C=O) groups is 2. The topological polar surface area (TPSA) is 110 Å². The highest BCUT2D eigenvalue weighted by molar-refractivity contribution is 7.80. The zero-order valence-electron chi connectivity index (χ0n) is 25.2. The Morgan fingerprint density at radius 2 is 1.73 bits per heavy atom. The average molecular weight is 618 g/mol. The zero-order valence-corrected chi connectivity index (χ0v) is 26.1. The number of carbonyl (C=O) groups excluding carboxylic acids is 2. The number of aromatic nitrogens is 1. The molecule has 230 valence electrons. The number of nitro benzene ring substituents is 1. The highest BCUT2D eigenvalue weighted by Gasteiger charge is 2.40. The fourth-order valence-corrected chi connectivity index (χ4v) is 6.14. The van der Waals surface area contributed by atoms with Gasteiger partial charge in [0, 0.05) is 30.5 Å². The summed E-state index contributed by atoms with van der Waals surface area (Å²) in [4.78, 5) is 42.9. The Bertz CT molecular complexity index is 1640. The molecule has 0 unspecified atom stereocenters. The third kappa shape index (κ3) is 5.89. The van der Waals surface area contributed by atoms with Gasteiger partial charge >= 0.3 is 5.97 Å². The lowest BCUT2D eigenvalue weighted by Gasteiger charge is -2.28. The molecule has 44 heavy (non-hydrogen) atoms. The first-order valence-corrected chi connectivity index (χ1v) is 15.0. The monoisotopic (exact) mass is 617 g/mol. The summed E-state index contributed by atoms with van der Waals surface area (Å²) in [6, 6.07) is 14.2. The Labute approximate surface area is 261 Å². The number of nitro groups is 1. The smallest absolute Gasteiger partial charge is 0.325 e. The molecule has 0 aliphatic carbocycles. The Hall–Kier alpha value is -4.71. The predicted octanol–water partition coefficient (Wildman–Crippen LogP) is 5.54. The summed E-state index contributed by atoms with van der Waals surface area (Å²) in [5.74, 6) is -0.284. The molecule has 2 aliphatic heterocycles. The Morgan fingerprint density at radius 3 is 2.36 bits per heavy atom. The lowest BCUT2D eigenvalue weighted by Crippen LogP contribution is -2.35. The van der Waals surface area contributed by atoms with Crippen LogP contribution in [0.4, 0.5) is 17.1 Å². The number of esters is 1. The molecule has 2 aliphatic rings. The lowest BCUT2D eigenvalue weighted by atomic mass is 10.1. The molecular weight excluding hydrogens is 582 g/mol. The number of piperidine rings is 1. The molecule has 3 heterocycles. The van der Waals surface area contributed by atoms with Crippen molar-refractivity contribution in [3.8, 4) is 11.4 Å². The molecule has 11 nitrogen and oxygen atoms in total. The first-order valence-electron chi connectivity index (χ1n) is 14.5. The van der Waals surface area contributed by atoms with Crippen LogP contribution in [0.25, 0.3) is 11.8 Å². The fraction of sp³-hybridized carbons (Fsp3) is 0.344. The molecular formula is C32H35N5O6S. The van der Waals surface area contributed by atoms with Crippen LogP contribution in [0, 0.1) is 24.0 Å². The summed E-state index contributed by atoms with van der Waals surface area (Å²) in [6.45, 7) is 7.53. The largest absolute Gasteiger partial charge is 0.494 e. The number of ether oxygens (including phenoxy) is 2. The summed E-state index contributed by atoms with van der Waals surface area (Å²) in [5.41, 5.74) is 4.38. The zero-order chi connectivity index (χ0) is 31.5. The quantitative estimate of drug-likeness (QED) is 0.101. The molecule has 2 fully saturated rings. The second-order valence-electron chi connectivity index (χ2n) is 10.7. The van der Waals surface area contributed by atoms with Crippen LogP contribution in [-0.4, -0.2) is 64.7 Å². The van der Waals surface area contributed by atoms with Gasteiger partial charge in [-0.15, -0.1) is 0 Å². The molecule has 0 spiro atoms. The van der Waals surface area contributed by atoms with Crippen molar-refractivity contribution in [3.05, 3.63) is 81.3 Å². The van der Waals surface area contributed by atoms with Crippen LogP contribution in [0.15, 0.2) is 54.2 Å². The summed E-state index contributed by atoms with van der Waals surface area (Å²) < 4.78 is 12.3. The van der Waals surface area contributed by atoms with Crippen molar-refractivity contribution in [1.82, 2.24) is 9.47 Å². The van der Waals surface area contributed by atoms with Gasteiger partial charge in [0.1, 0.15) is 23.7 Å². The van der Waals surface area contributed by atoms with Gasteiger partial charge in [0.15, 0.2) is 5.11 Å². The Morgan fingerprint density at radius 1 is 1.05 bits per heavy atom. The maximum atomic E-state index is 13.9. The van der Waals surface area contributed by atoms with Gasteiger partial charge in [-0.05, 0) is 106 Å². The second-order valence-corrected chi connectivity index (χ2v) is 11.0. The molecule has 0 N–H and O–H groups in total. The molecule has 2 saturated heterocycles. The van der Waals surface area contributed by atoms with Crippen LogP contribution >= 0.6 is 12.2 Å². The number of methoxy groups -OCH3 is 1. The predicted molar refractivity (Wildman–Crippen MR) is 172 cm³/mol. The summed E-state index contributed by atoms with van der Waals surface area (Å²) in [7, 11) is 1.28. The lowest BCUT2D eigenvalue weighted by molar-refractivity contribution is -0.384.